The Morgan fingerprint density at radius 1 is 1.22 bits per heavy atom. The third kappa shape index (κ3) is 2.85. The van der Waals surface area contributed by atoms with Gasteiger partial charge >= 0.3 is 0 Å². The Hall–Kier alpha value is -1.91. The molecule has 1 heterocycles. The van der Waals surface area contributed by atoms with E-state index in [1.807, 2.05) is 24.7 Å². The average molecular weight is 251 g/mol. The van der Waals surface area contributed by atoms with Crippen molar-refractivity contribution in [2.24, 2.45) is 0 Å². The van der Waals surface area contributed by atoms with Gasteiger partial charge in [0.05, 0.1) is 11.4 Å². The van der Waals surface area contributed by atoms with Crippen molar-refractivity contribution in [3.8, 4) is 0 Å². The molecule has 0 aliphatic rings. The van der Waals surface area contributed by atoms with Crippen molar-refractivity contribution in [1.82, 2.24) is 9.78 Å². The van der Waals surface area contributed by atoms with Gasteiger partial charge in [0, 0.05) is 25.4 Å². The molecule has 5 heteroatoms. The van der Waals surface area contributed by atoms with E-state index in [1.165, 1.54) is 12.1 Å². The first-order valence-corrected chi connectivity index (χ1v) is 5.81. The number of aryl methyl sites for hydroxylation is 2. The molecule has 0 amide bonds. The van der Waals surface area contributed by atoms with Crippen molar-refractivity contribution in [2.75, 3.05) is 5.32 Å². The molecule has 3 nitrogen and oxygen atoms in total. The van der Waals surface area contributed by atoms with Crippen LogP contribution in [0.4, 0.5) is 14.5 Å². The molecule has 0 aliphatic heterocycles. The Morgan fingerprint density at radius 2 is 1.89 bits per heavy atom. The Kier molecular flexibility index (Phi) is 3.60. The molecule has 1 aromatic heterocycles. The van der Waals surface area contributed by atoms with Crippen LogP contribution in [0.2, 0.25) is 0 Å². The molecule has 0 saturated carbocycles. The topological polar surface area (TPSA) is 29.9 Å². The van der Waals surface area contributed by atoms with Crippen LogP contribution >= 0.6 is 0 Å². The van der Waals surface area contributed by atoms with Gasteiger partial charge in [0.2, 0.25) is 0 Å². The number of aromatic nitrogens is 2. The van der Waals surface area contributed by atoms with E-state index < -0.39 is 11.6 Å². The van der Waals surface area contributed by atoms with Gasteiger partial charge in [0.1, 0.15) is 11.6 Å². The van der Waals surface area contributed by atoms with E-state index in [2.05, 4.69) is 10.4 Å². The molecule has 0 unspecified atom stereocenters. The van der Waals surface area contributed by atoms with Crippen molar-refractivity contribution in [3.63, 3.8) is 0 Å². The van der Waals surface area contributed by atoms with Gasteiger partial charge in [-0.15, -0.1) is 0 Å². The van der Waals surface area contributed by atoms with Crippen molar-refractivity contribution in [3.05, 3.63) is 47.3 Å². The molecule has 2 aromatic rings. The van der Waals surface area contributed by atoms with Gasteiger partial charge in [-0.3, -0.25) is 4.68 Å². The lowest BCUT2D eigenvalue weighted by atomic mass is 10.2. The number of halogens is 2. The summed E-state index contributed by atoms with van der Waals surface area (Å²) in [6.07, 6.45) is 1.88. The second kappa shape index (κ2) is 5.16. The summed E-state index contributed by atoms with van der Waals surface area (Å²) < 4.78 is 27.8. The maximum atomic E-state index is 13.0. The van der Waals surface area contributed by atoms with Gasteiger partial charge < -0.3 is 5.32 Å². The smallest absolute Gasteiger partial charge is 0.126 e. The lowest BCUT2D eigenvalue weighted by Crippen LogP contribution is -2.01. The number of hydrogen-bond acceptors (Lipinski definition) is 2. The van der Waals surface area contributed by atoms with Gasteiger partial charge in [-0.25, -0.2) is 8.78 Å². The summed E-state index contributed by atoms with van der Waals surface area (Å²) >= 11 is 0. The number of anilines is 1. The molecule has 0 bridgehead atoms. The summed E-state index contributed by atoms with van der Waals surface area (Å²) in [5.41, 5.74) is 2.31. The Bertz CT molecular complexity index is 529. The van der Waals surface area contributed by atoms with E-state index in [0.29, 0.717) is 12.1 Å². The lowest BCUT2D eigenvalue weighted by Gasteiger charge is -2.05. The second-order valence-corrected chi connectivity index (χ2v) is 4.12. The molecule has 0 radical (unpaired) electrons. The highest BCUT2D eigenvalue weighted by Crippen LogP contribution is 2.15. The monoisotopic (exact) mass is 251 g/mol. The molecular weight excluding hydrogens is 236 g/mol. The predicted octanol–water partition coefficient (Wildman–Crippen LogP) is 3.10. The standard InChI is InChI=1S/C13H15F2N3/c1-3-18-8-13(9(2)17-18)16-7-10-4-11(14)6-12(15)5-10/h4-6,8,16H,3,7H2,1-2H3. The lowest BCUT2D eigenvalue weighted by molar-refractivity contribution is 0.580. The highest BCUT2D eigenvalue weighted by atomic mass is 19.1. The van der Waals surface area contributed by atoms with Gasteiger partial charge in [0.25, 0.3) is 0 Å². The molecule has 1 N–H and O–H groups in total. The first-order valence-electron chi connectivity index (χ1n) is 5.81. The third-order valence-corrected chi connectivity index (χ3v) is 2.68. The summed E-state index contributed by atoms with van der Waals surface area (Å²) in [5, 5.41) is 7.40. The Morgan fingerprint density at radius 3 is 2.44 bits per heavy atom. The summed E-state index contributed by atoms with van der Waals surface area (Å²) in [6.45, 7) is 5.04. The fourth-order valence-electron chi connectivity index (χ4n) is 1.76. The summed E-state index contributed by atoms with van der Waals surface area (Å²) in [6, 6.07) is 3.50. The van der Waals surface area contributed by atoms with E-state index in [1.54, 1.807) is 0 Å². The minimum Gasteiger partial charge on any atom is -0.378 e. The fraction of sp³-hybridized carbons (Fsp3) is 0.308. The van der Waals surface area contributed by atoms with E-state index in [-0.39, 0.29) is 0 Å². The van der Waals surface area contributed by atoms with Crippen LogP contribution in [0, 0.1) is 18.6 Å². The number of rotatable bonds is 4. The van der Waals surface area contributed by atoms with Crippen LogP contribution in [0.3, 0.4) is 0 Å². The Balaban J connectivity index is 2.08. The minimum atomic E-state index is -0.562. The number of nitrogens with zero attached hydrogens (tertiary/aromatic N) is 2. The Labute approximate surface area is 104 Å². The maximum Gasteiger partial charge on any atom is 0.126 e. The van der Waals surface area contributed by atoms with Gasteiger partial charge in [-0.05, 0) is 31.5 Å². The zero-order valence-corrected chi connectivity index (χ0v) is 10.4. The van der Waals surface area contributed by atoms with Crippen LogP contribution in [0.5, 0.6) is 0 Å². The van der Waals surface area contributed by atoms with Crippen molar-refractivity contribution in [2.45, 2.75) is 26.9 Å². The van der Waals surface area contributed by atoms with Crippen LogP contribution in [0.25, 0.3) is 0 Å². The zero-order chi connectivity index (χ0) is 13.1. The average Bonchev–Trinajstić information content (AvgIpc) is 2.66. The van der Waals surface area contributed by atoms with Gasteiger partial charge in [0.15, 0.2) is 0 Å². The molecule has 18 heavy (non-hydrogen) atoms. The van der Waals surface area contributed by atoms with Crippen molar-refractivity contribution in [1.29, 1.82) is 0 Å². The summed E-state index contributed by atoms with van der Waals surface area (Å²) in [5.74, 6) is -1.12. The highest BCUT2D eigenvalue weighted by Gasteiger charge is 2.05. The predicted molar refractivity (Wildman–Crippen MR) is 66.3 cm³/mol. The first kappa shape index (κ1) is 12.5. The third-order valence-electron chi connectivity index (χ3n) is 2.68. The van der Waals surface area contributed by atoms with Gasteiger partial charge in [-0.2, -0.15) is 5.10 Å². The highest BCUT2D eigenvalue weighted by molar-refractivity contribution is 5.46. The maximum absolute atomic E-state index is 13.0. The van der Waals surface area contributed by atoms with Crippen LogP contribution in [-0.4, -0.2) is 9.78 Å². The fourth-order valence-corrected chi connectivity index (χ4v) is 1.76. The van der Waals surface area contributed by atoms with Gasteiger partial charge in [-0.1, -0.05) is 0 Å². The first-order chi connectivity index (χ1) is 8.58. The molecule has 1 aromatic carbocycles. The van der Waals surface area contributed by atoms with Crippen LogP contribution in [-0.2, 0) is 13.1 Å². The largest absolute Gasteiger partial charge is 0.378 e. The molecular formula is C13H15F2N3. The second-order valence-electron chi connectivity index (χ2n) is 4.12. The summed E-state index contributed by atoms with van der Waals surface area (Å²) in [4.78, 5) is 0. The molecule has 0 saturated heterocycles. The SMILES string of the molecule is CCn1cc(NCc2cc(F)cc(F)c2)c(C)n1. The summed E-state index contributed by atoms with van der Waals surface area (Å²) in [7, 11) is 0. The van der Waals surface area contributed by atoms with E-state index >= 15 is 0 Å². The zero-order valence-electron chi connectivity index (χ0n) is 10.4. The van der Waals surface area contributed by atoms with Crippen molar-refractivity contribution < 1.29 is 8.78 Å². The molecule has 0 atom stereocenters. The molecule has 0 aliphatic carbocycles. The quantitative estimate of drug-likeness (QED) is 0.904. The molecule has 96 valence electrons. The number of nitrogens with one attached hydrogen (secondary N) is 1. The number of hydrogen-bond donors (Lipinski definition) is 1. The van der Waals surface area contributed by atoms with Crippen LogP contribution in [0.1, 0.15) is 18.2 Å². The van der Waals surface area contributed by atoms with Crippen LogP contribution in [0.15, 0.2) is 24.4 Å². The molecule has 0 fully saturated rings. The molecule has 2 rings (SSSR count). The minimum absolute atomic E-state index is 0.366. The van der Waals surface area contributed by atoms with E-state index in [0.717, 1.165) is 24.0 Å². The van der Waals surface area contributed by atoms with Crippen LogP contribution < -0.4 is 5.32 Å². The van der Waals surface area contributed by atoms with E-state index in [9.17, 15) is 8.78 Å². The number of benzene rings is 1. The molecule has 0 spiro atoms. The van der Waals surface area contributed by atoms with Crippen molar-refractivity contribution >= 4 is 5.69 Å². The van der Waals surface area contributed by atoms with E-state index in [4.69, 9.17) is 0 Å². The normalized spacial score (nSPS) is 10.7.